The fourth-order valence-corrected chi connectivity index (χ4v) is 1.76. The minimum atomic E-state index is 0.732. The van der Waals surface area contributed by atoms with Crippen LogP contribution in [0.5, 0.6) is 0 Å². The van der Waals surface area contributed by atoms with Crippen LogP contribution in [0.4, 0.5) is 0 Å². The largest absolute Gasteiger partial charge is 0.383 e. The van der Waals surface area contributed by atoms with Gasteiger partial charge in [-0.05, 0) is 19.1 Å². The molecule has 86 valence electrons. The zero-order chi connectivity index (χ0) is 11.4. The number of fused-ring (bicyclic) bond motifs is 1. The minimum Gasteiger partial charge on any atom is -0.383 e. The fourth-order valence-electron chi connectivity index (χ4n) is 1.76. The van der Waals surface area contributed by atoms with Crippen molar-refractivity contribution in [3.05, 3.63) is 35.8 Å². The van der Waals surface area contributed by atoms with Gasteiger partial charge in [0.2, 0.25) is 0 Å². The van der Waals surface area contributed by atoms with Gasteiger partial charge in [0.25, 0.3) is 0 Å². The van der Waals surface area contributed by atoms with Crippen LogP contribution in [0.25, 0.3) is 5.65 Å². The van der Waals surface area contributed by atoms with E-state index in [4.69, 9.17) is 4.74 Å². The number of aryl methyl sites for hydroxylation is 1. The first kappa shape index (κ1) is 11.1. The molecule has 2 aromatic heterocycles. The topological polar surface area (TPSA) is 38.6 Å². The first-order chi connectivity index (χ1) is 7.83. The Labute approximate surface area is 95.3 Å². The molecule has 0 aliphatic rings. The number of methoxy groups -OCH3 is 1. The van der Waals surface area contributed by atoms with E-state index in [0.717, 1.165) is 31.0 Å². The van der Waals surface area contributed by atoms with Crippen molar-refractivity contribution in [1.82, 2.24) is 14.7 Å². The highest BCUT2D eigenvalue weighted by Crippen LogP contribution is 2.10. The van der Waals surface area contributed by atoms with Gasteiger partial charge in [0.1, 0.15) is 5.65 Å². The second-order valence-electron chi connectivity index (χ2n) is 3.74. The summed E-state index contributed by atoms with van der Waals surface area (Å²) in [6.07, 6.45) is 2.04. The third kappa shape index (κ3) is 2.23. The average Bonchev–Trinajstić information content (AvgIpc) is 2.61. The molecule has 0 fully saturated rings. The van der Waals surface area contributed by atoms with Crippen molar-refractivity contribution >= 4 is 5.65 Å². The molecule has 1 N–H and O–H groups in total. The summed E-state index contributed by atoms with van der Waals surface area (Å²) in [4.78, 5) is 4.50. The Morgan fingerprint density at radius 1 is 1.44 bits per heavy atom. The van der Waals surface area contributed by atoms with Crippen LogP contribution in [-0.2, 0) is 11.3 Å². The van der Waals surface area contributed by atoms with Crippen LogP contribution in [-0.4, -0.2) is 29.6 Å². The summed E-state index contributed by atoms with van der Waals surface area (Å²) >= 11 is 0. The molecule has 0 aromatic carbocycles. The number of pyridine rings is 1. The van der Waals surface area contributed by atoms with E-state index in [9.17, 15) is 0 Å². The number of ether oxygens (including phenoxy) is 1. The van der Waals surface area contributed by atoms with Gasteiger partial charge in [-0.2, -0.15) is 0 Å². The van der Waals surface area contributed by atoms with E-state index in [0.29, 0.717) is 0 Å². The molecule has 2 rings (SSSR count). The molecule has 0 saturated carbocycles. The van der Waals surface area contributed by atoms with Gasteiger partial charge in [0.15, 0.2) is 0 Å². The SMILES string of the molecule is COCCNCc1c(C)nc2ccccn12. The van der Waals surface area contributed by atoms with Crippen molar-refractivity contribution in [3.63, 3.8) is 0 Å². The lowest BCUT2D eigenvalue weighted by atomic mass is 10.3. The number of nitrogens with one attached hydrogen (secondary N) is 1. The maximum absolute atomic E-state index is 4.99. The first-order valence-electron chi connectivity index (χ1n) is 5.45. The van der Waals surface area contributed by atoms with Gasteiger partial charge in [-0.3, -0.25) is 0 Å². The first-order valence-corrected chi connectivity index (χ1v) is 5.45. The summed E-state index contributed by atoms with van der Waals surface area (Å²) in [5.74, 6) is 0. The maximum Gasteiger partial charge on any atom is 0.137 e. The monoisotopic (exact) mass is 219 g/mol. The van der Waals surface area contributed by atoms with E-state index in [1.165, 1.54) is 5.69 Å². The summed E-state index contributed by atoms with van der Waals surface area (Å²) in [7, 11) is 1.71. The van der Waals surface area contributed by atoms with E-state index in [1.54, 1.807) is 7.11 Å². The lowest BCUT2D eigenvalue weighted by molar-refractivity contribution is 0.199. The molecule has 0 bridgehead atoms. The molecule has 2 heterocycles. The normalized spacial score (nSPS) is 11.1. The number of imidazole rings is 1. The molecule has 16 heavy (non-hydrogen) atoms. The van der Waals surface area contributed by atoms with Crippen molar-refractivity contribution in [3.8, 4) is 0 Å². The number of hydrogen-bond acceptors (Lipinski definition) is 3. The van der Waals surface area contributed by atoms with Gasteiger partial charge in [0, 0.05) is 26.4 Å². The third-order valence-corrected chi connectivity index (χ3v) is 2.60. The Balaban J connectivity index is 2.13. The smallest absolute Gasteiger partial charge is 0.137 e. The van der Waals surface area contributed by atoms with Crippen molar-refractivity contribution in [2.24, 2.45) is 0 Å². The predicted molar refractivity (Wildman–Crippen MR) is 63.5 cm³/mol. The Morgan fingerprint density at radius 3 is 3.12 bits per heavy atom. The highest BCUT2D eigenvalue weighted by molar-refractivity contribution is 5.42. The number of rotatable bonds is 5. The van der Waals surface area contributed by atoms with Crippen LogP contribution in [0.3, 0.4) is 0 Å². The van der Waals surface area contributed by atoms with Crippen molar-refractivity contribution in [2.45, 2.75) is 13.5 Å². The molecule has 4 heteroatoms. The van der Waals surface area contributed by atoms with E-state index in [1.807, 2.05) is 31.3 Å². The molecule has 0 atom stereocenters. The molecular formula is C12H17N3O. The lowest BCUT2D eigenvalue weighted by Gasteiger charge is -2.05. The van der Waals surface area contributed by atoms with Gasteiger partial charge in [-0.25, -0.2) is 4.98 Å². The number of nitrogens with zero attached hydrogens (tertiary/aromatic N) is 2. The molecule has 0 aliphatic carbocycles. The van der Waals surface area contributed by atoms with Crippen LogP contribution >= 0.6 is 0 Å². The zero-order valence-corrected chi connectivity index (χ0v) is 9.73. The Kier molecular flexibility index (Phi) is 3.54. The maximum atomic E-state index is 4.99. The highest BCUT2D eigenvalue weighted by Gasteiger charge is 2.06. The van der Waals surface area contributed by atoms with E-state index < -0.39 is 0 Å². The van der Waals surface area contributed by atoms with E-state index >= 15 is 0 Å². The minimum absolute atomic E-state index is 0.732. The summed E-state index contributed by atoms with van der Waals surface area (Å²) < 4.78 is 7.11. The molecule has 4 nitrogen and oxygen atoms in total. The van der Waals surface area contributed by atoms with Crippen LogP contribution in [0, 0.1) is 6.92 Å². The molecule has 0 radical (unpaired) electrons. The zero-order valence-electron chi connectivity index (χ0n) is 9.73. The predicted octanol–water partition coefficient (Wildman–Crippen LogP) is 1.38. The van der Waals surface area contributed by atoms with Crippen molar-refractivity contribution < 1.29 is 4.74 Å². The van der Waals surface area contributed by atoms with Gasteiger partial charge >= 0.3 is 0 Å². The molecular weight excluding hydrogens is 202 g/mol. The van der Waals surface area contributed by atoms with Crippen LogP contribution in [0.2, 0.25) is 0 Å². The van der Waals surface area contributed by atoms with Gasteiger partial charge < -0.3 is 14.5 Å². The highest BCUT2D eigenvalue weighted by atomic mass is 16.5. The van der Waals surface area contributed by atoms with Crippen LogP contribution in [0.1, 0.15) is 11.4 Å². The molecule has 0 spiro atoms. The molecule has 0 amide bonds. The standard InChI is InChI=1S/C12H17N3O/c1-10-11(9-13-6-8-16-2)15-7-4-3-5-12(15)14-10/h3-5,7,13H,6,8-9H2,1-2H3. The lowest BCUT2D eigenvalue weighted by Crippen LogP contribution is -2.19. The second kappa shape index (κ2) is 5.09. The molecule has 0 aliphatic heterocycles. The number of hydrogen-bond donors (Lipinski definition) is 1. The van der Waals surface area contributed by atoms with E-state index in [-0.39, 0.29) is 0 Å². The Bertz CT molecular complexity index is 464. The van der Waals surface area contributed by atoms with Gasteiger partial charge in [-0.15, -0.1) is 0 Å². The molecule has 0 unspecified atom stereocenters. The van der Waals surface area contributed by atoms with Crippen molar-refractivity contribution in [1.29, 1.82) is 0 Å². The summed E-state index contributed by atoms with van der Waals surface area (Å²) in [6, 6.07) is 6.04. The second-order valence-corrected chi connectivity index (χ2v) is 3.74. The summed E-state index contributed by atoms with van der Waals surface area (Å²) in [6.45, 7) is 4.45. The van der Waals surface area contributed by atoms with Crippen molar-refractivity contribution in [2.75, 3.05) is 20.3 Å². The van der Waals surface area contributed by atoms with Crippen LogP contribution < -0.4 is 5.32 Å². The van der Waals surface area contributed by atoms with Gasteiger partial charge in [0.05, 0.1) is 18.0 Å². The third-order valence-electron chi connectivity index (χ3n) is 2.60. The molecule has 2 aromatic rings. The fraction of sp³-hybridized carbons (Fsp3) is 0.417. The summed E-state index contributed by atoms with van der Waals surface area (Å²) in [5.41, 5.74) is 3.30. The van der Waals surface area contributed by atoms with Gasteiger partial charge in [-0.1, -0.05) is 6.07 Å². The quantitative estimate of drug-likeness (QED) is 0.772. The van der Waals surface area contributed by atoms with E-state index in [2.05, 4.69) is 14.7 Å². The summed E-state index contributed by atoms with van der Waals surface area (Å²) in [5, 5.41) is 3.34. The average molecular weight is 219 g/mol. The Morgan fingerprint density at radius 2 is 2.31 bits per heavy atom. The van der Waals surface area contributed by atoms with Crippen LogP contribution in [0.15, 0.2) is 24.4 Å². The molecule has 0 saturated heterocycles. The Hall–Kier alpha value is -1.39. The number of aromatic nitrogens is 2.